The molecule has 1 aromatic carbocycles. The lowest BCUT2D eigenvalue weighted by molar-refractivity contribution is -0.137. The van der Waals surface area contributed by atoms with Gasteiger partial charge in [-0.3, -0.25) is 9.59 Å². The number of aryl methyl sites for hydroxylation is 1. The van der Waals surface area contributed by atoms with Crippen molar-refractivity contribution in [2.24, 2.45) is 5.92 Å². The number of carboxylic acid groups (broad SMARTS) is 1. The fourth-order valence-corrected chi connectivity index (χ4v) is 2.17. The molecular weight excluding hydrogens is 296 g/mol. The van der Waals surface area contributed by atoms with Gasteiger partial charge in [-0.15, -0.1) is 5.10 Å². The zero-order valence-corrected chi connectivity index (χ0v) is 13.4. The SMILES string of the molecule is Cc1ccc(-n2cc(C(=O)N(CC(=O)O)CC(C)C)nn2)cc1. The van der Waals surface area contributed by atoms with Gasteiger partial charge in [-0.1, -0.05) is 36.8 Å². The van der Waals surface area contributed by atoms with Crippen molar-refractivity contribution in [2.45, 2.75) is 20.8 Å². The summed E-state index contributed by atoms with van der Waals surface area (Å²) in [6, 6.07) is 7.63. The van der Waals surface area contributed by atoms with Crippen molar-refractivity contribution in [3.63, 3.8) is 0 Å². The predicted molar refractivity (Wildman–Crippen MR) is 84.5 cm³/mol. The van der Waals surface area contributed by atoms with E-state index in [-0.39, 0.29) is 18.2 Å². The Balaban J connectivity index is 2.21. The van der Waals surface area contributed by atoms with Crippen molar-refractivity contribution < 1.29 is 14.7 Å². The second-order valence-corrected chi connectivity index (χ2v) is 5.86. The Bertz CT molecular complexity index is 692. The van der Waals surface area contributed by atoms with Gasteiger partial charge in [0.25, 0.3) is 5.91 Å². The van der Waals surface area contributed by atoms with Crippen molar-refractivity contribution in [1.29, 1.82) is 0 Å². The third-order valence-electron chi connectivity index (χ3n) is 3.21. The number of aliphatic carboxylic acids is 1. The van der Waals surface area contributed by atoms with Gasteiger partial charge in [-0.2, -0.15) is 0 Å². The zero-order chi connectivity index (χ0) is 17.0. The van der Waals surface area contributed by atoms with Gasteiger partial charge in [-0.05, 0) is 25.0 Å². The van der Waals surface area contributed by atoms with Crippen LogP contribution in [0, 0.1) is 12.8 Å². The Morgan fingerprint density at radius 2 is 1.91 bits per heavy atom. The minimum atomic E-state index is -1.05. The molecule has 2 rings (SSSR count). The van der Waals surface area contributed by atoms with E-state index in [2.05, 4.69) is 10.3 Å². The summed E-state index contributed by atoms with van der Waals surface area (Å²) < 4.78 is 1.50. The lowest BCUT2D eigenvalue weighted by Gasteiger charge is -2.21. The highest BCUT2D eigenvalue weighted by Gasteiger charge is 2.22. The van der Waals surface area contributed by atoms with Crippen LogP contribution in [-0.4, -0.2) is 50.0 Å². The predicted octanol–water partition coefficient (Wildman–Crippen LogP) is 1.76. The fourth-order valence-electron chi connectivity index (χ4n) is 2.17. The molecule has 0 bridgehead atoms. The lowest BCUT2D eigenvalue weighted by atomic mass is 10.2. The Kier molecular flexibility index (Phi) is 5.10. The lowest BCUT2D eigenvalue weighted by Crippen LogP contribution is -2.38. The standard InChI is InChI=1S/C16H20N4O3/c1-11(2)8-19(10-15(21)22)16(23)14-9-20(18-17-14)13-6-4-12(3)5-7-13/h4-7,9,11H,8,10H2,1-3H3,(H,21,22). The van der Waals surface area contributed by atoms with E-state index in [0.717, 1.165) is 11.3 Å². The summed E-state index contributed by atoms with van der Waals surface area (Å²) in [5.74, 6) is -1.32. The van der Waals surface area contributed by atoms with Crippen LogP contribution in [0.25, 0.3) is 5.69 Å². The first-order chi connectivity index (χ1) is 10.9. The van der Waals surface area contributed by atoms with Gasteiger partial charge in [0.1, 0.15) is 6.54 Å². The molecular formula is C16H20N4O3. The van der Waals surface area contributed by atoms with Crippen LogP contribution in [0.15, 0.2) is 30.5 Å². The summed E-state index contributed by atoms with van der Waals surface area (Å²) in [5, 5.41) is 16.8. The van der Waals surface area contributed by atoms with Crippen LogP contribution in [0.4, 0.5) is 0 Å². The number of nitrogens with zero attached hydrogens (tertiary/aromatic N) is 4. The van der Waals surface area contributed by atoms with Crippen molar-refractivity contribution in [1.82, 2.24) is 19.9 Å². The van der Waals surface area contributed by atoms with Gasteiger partial charge in [-0.25, -0.2) is 4.68 Å². The Morgan fingerprint density at radius 1 is 1.26 bits per heavy atom. The Morgan fingerprint density at radius 3 is 2.48 bits per heavy atom. The van der Waals surface area contributed by atoms with E-state index in [1.165, 1.54) is 15.8 Å². The summed E-state index contributed by atoms with van der Waals surface area (Å²) in [7, 11) is 0. The van der Waals surface area contributed by atoms with Crippen molar-refractivity contribution in [3.05, 3.63) is 41.7 Å². The highest BCUT2D eigenvalue weighted by Crippen LogP contribution is 2.10. The third kappa shape index (κ3) is 4.38. The molecule has 122 valence electrons. The van der Waals surface area contributed by atoms with Crippen molar-refractivity contribution in [3.8, 4) is 5.69 Å². The zero-order valence-electron chi connectivity index (χ0n) is 13.4. The van der Waals surface area contributed by atoms with Crippen molar-refractivity contribution >= 4 is 11.9 Å². The van der Waals surface area contributed by atoms with E-state index in [4.69, 9.17) is 5.11 Å². The molecule has 0 spiro atoms. The number of carbonyl (C=O) groups is 2. The number of rotatable bonds is 6. The van der Waals surface area contributed by atoms with Crippen LogP contribution < -0.4 is 0 Å². The highest BCUT2D eigenvalue weighted by atomic mass is 16.4. The van der Waals surface area contributed by atoms with Gasteiger partial charge in [0.15, 0.2) is 5.69 Å². The first-order valence-electron chi connectivity index (χ1n) is 7.37. The topological polar surface area (TPSA) is 88.3 Å². The van der Waals surface area contributed by atoms with E-state index in [1.807, 2.05) is 45.0 Å². The molecule has 0 fully saturated rings. The molecule has 0 saturated carbocycles. The van der Waals surface area contributed by atoms with Gasteiger partial charge < -0.3 is 10.0 Å². The number of carboxylic acids is 1. The minimum Gasteiger partial charge on any atom is -0.480 e. The molecule has 1 N–H and O–H groups in total. The number of hydrogen-bond donors (Lipinski definition) is 1. The van der Waals surface area contributed by atoms with Crippen LogP contribution >= 0.6 is 0 Å². The molecule has 1 heterocycles. The maximum absolute atomic E-state index is 12.5. The average molecular weight is 316 g/mol. The van der Waals surface area contributed by atoms with E-state index in [9.17, 15) is 9.59 Å². The summed E-state index contributed by atoms with van der Waals surface area (Å²) >= 11 is 0. The maximum Gasteiger partial charge on any atom is 0.323 e. The summed E-state index contributed by atoms with van der Waals surface area (Å²) in [6.07, 6.45) is 1.52. The highest BCUT2D eigenvalue weighted by molar-refractivity contribution is 5.93. The molecule has 23 heavy (non-hydrogen) atoms. The number of hydrogen-bond acceptors (Lipinski definition) is 4. The van der Waals surface area contributed by atoms with Crippen LogP contribution in [0.1, 0.15) is 29.9 Å². The number of carbonyl (C=O) groups excluding carboxylic acids is 1. The van der Waals surface area contributed by atoms with Crippen molar-refractivity contribution in [2.75, 3.05) is 13.1 Å². The number of amides is 1. The molecule has 7 nitrogen and oxygen atoms in total. The van der Waals surface area contributed by atoms with E-state index >= 15 is 0 Å². The van der Waals surface area contributed by atoms with E-state index < -0.39 is 11.9 Å². The van der Waals surface area contributed by atoms with E-state index in [1.54, 1.807) is 0 Å². The maximum atomic E-state index is 12.5. The average Bonchev–Trinajstić information content (AvgIpc) is 2.95. The molecule has 0 radical (unpaired) electrons. The van der Waals surface area contributed by atoms with Crippen LogP contribution in [0.3, 0.4) is 0 Å². The van der Waals surface area contributed by atoms with E-state index in [0.29, 0.717) is 6.54 Å². The molecule has 0 unspecified atom stereocenters. The van der Waals surface area contributed by atoms with Gasteiger partial charge >= 0.3 is 5.97 Å². The quantitative estimate of drug-likeness (QED) is 0.877. The normalized spacial score (nSPS) is 10.8. The van der Waals surface area contributed by atoms with Gasteiger partial charge in [0.2, 0.25) is 0 Å². The monoisotopic (exact) mass is 316 g/mol. The van der Waals surface area contributed by atoms with Gasteiger partial charge in [0.05, 0.1) is 11.9 Å². The first kappa shape index (κ1) is 16.7. The summed E-state index contributed by atoms with van der Waals surface area (Å²) in [4.78, 5) is 24.7. The number of benzene rings is 1. The second kappa shape index (κ2) is 7.04. The third-order valence-corrected chi connectivity index (χ3v) is 3.21. The Labute approximate surface area is 134 Å². The summed E-state index contributed by atoms with van der Waals surface area (Å²) in [5.41, 5.74) is 2.04. The molecule has 1 aromatic heterocycles. The molecule has 0 aliphatic carbocycles. The Hall–Kier alpha value is -2.70. The molecule has 2 aromatic rings. The summed E-state index contributed by atoms with van der Waals surface area (Å²) in [6.45, 7) is 5.82. The largest absolute Gasteiger partial charge is 0.480 e. The second-order valence-electron chi connectivity index (χ2n) is 5.86. The number of aromatic nitrogens is 3. The molecule has 0 aliphatic rings. The van der Waals surface area contributed by atoms with Crippen LogP contribution in [0.2, 0.25) is 0 Å². The molecule has 0 atom stereocenters. The van der Waals surface area contributed by atoms with Crippen LogP contribution in [0.5, 0.6) is 0 Å². The molecule has 0 aliphatic heterocycles. The fraction of sp³-hybridized carbons (Fsp3) is 0.375. The first-order valence-corrected chi connectivity index (χ1v) is 7.37. The smallest absolute Gasteiger partial charge is 0.323 e. The molecule has 0 saturated heterocycles. The van der Waals surface area contributed by atoms with Crippen LogP contribution in [-0.2, 0) is 4.79 Å². The molecule has 7 heteroatoms. The van der Waals surface area contributed by atoms with Gasteiger partial charge in [0, 0.05) is 6.54 Å². The molecule has 1 amide bonds. The minimum absolute atomic E-state index is 0.132.